The molecule has 0 spiro atoms. The highest BCUT2D eigenvalue weighted by Crippen LogP contribution is 2.29. The lowest BCUT2D eigenvalue weighted by Crippen LogP contribution is -2.29. The molecule has 0 saturated heterocycles. The molecule has 0 aliphatic heterocycles. The summed E-state index contributed by atoms with van der Waals surface area (Å²) in [5, 5.41) is 0. The van der Waals surface area contributed by atoms with Gasteiger partial charge in [-0.1, -0.05) is 12.1 Å². The summed E-state index contributed by atoms with van der Waals surface area (Å²) in [5.41, 5.74) is 7.05. The normalized spacial score (nSPS) is 16.3. The lowest BCUT2D eigenvalue weighted by Gasteiger charge is -2.23. The first-order chi connectivity index (χ1) is 10.2. The first kappa shape index (κ1) is 14.3. The van der Waals surface area contributed by atoms with E-state index in [1.165, 1.54) is 25.0 Å². The van der Waals surface area contributed by atoms with E-state index >= 15 is 0 Å². The molecule has 1 heterocycles. The molecule has 1 unspecified atom stereocenters. The van der Waals surface area contributed by atoms with Crippen molar-refractivity contribution in [3.05, 3.63) is 59.8 Å². The van der Waals surface area contributed by atoms with Crippen molar-refractivity contribution in [3.8, 4) is 0 Å². The molecule has 1 aliphatic carbocycles. The Morgan fingerprint density at radius 2 is 2.14 bits per heavy atom. The van der Waals surface area contributed by atoms with Gasteiger partial charge >= 0.3 is 0 Å². The second kappa shape index (κ2) is 6.41. The van der Waals surface area contributed by atoms with Crippen molar-refractivity contribution in [3.63, 3.8) is 0 Å². The van der Waals surface area contributed by atoms with Gasteiger partial charge in [-0.25, -0.2) is 4.39 Å². The van der Waals surface area contributed by atoms with Crippen molar-refractivity contribution in [2.45, 2.75) is 37.9 Å². The minimum absolute atomic E-state index is 0.126. The predicted octanol–water partition coefficient (Wildman–Crippen LogP) is 3.47. The summed E-state index contributed by atoms with van der Waals surface area (Å²) in [4.78, 5) is 2.41. The number of benzene rings is 1. The summed E-state index contributed by atoms with van der Waals surface area (Å²) < 4.78 is 18.7. The molecule has 1 aromatic carbocycles. The van der Waals surface area contributed by atoms with Crippen LogP contribution in [0.4, 0.5) is 4.39 Å². The highest BCUT2D eigenvalue weighted by Gasteiger charge is 2.29. The van der Waals surface area contributed by atoms with Crippen LogP contribution < -0.4 is 5.73 Å². The number of hydrogen-bond donors (Lipinski definition) is 1. The summed E-state index contributed by atoms with van der Waals surface area (Å²) in [6, 6.07) is 11.0. The van der Waals surface area contributed by atoms with E-state index in [-0.39, 0.29) is 11.9 Å². The van der Waals surface area contributed by atoms with Gasteiger partial charge in [0.2, 0.25) is 0 Å². The molecule has 4 heteroatoms. The van der Waals surface area contributed by atoms with Crippen molar-refractivity contribution >= 4 is 0 Å². The zero-order valence-electron chi connectivity index (χ0n) is 12.0. The smallest absolute Gasteiger partial charge is 0.123 e. The van der Waals surface area contributed by atoms with Gasteiger partial charge in [0.15, 0.2) is 0 Å². The number of nitrogens with two attached hydrogens (primary N) is 1. The van der Waals surface area contributed by atoms with Gasteiger partial charge in [0.25, 0.3) is 0 Å². The molecular formula is C17H21FN2O. The molecule has 3 rings (SSSR count). The largest absolute Gasteiger partial charge is 0.468 e. The Morgan fingerprint density at radius 1 is 1.29 bits per heavy atom. The van der Waals surface area contributed by atoms with E-state index in [4.69, 9.17) is 10.2 Å². The maximum absolute atomic E-state index is 13.2. The number of furan rings is 1. The van der Waals surface area contributed by atoms with Gasteiger partial charge in [-0.15, -0.1) is 0 Å². The molecule has 1 aromatic heterocycles. The molecule has 1 aliphatic rings. The monoisotopic (exact) mass is 288 g/mol. The fourth-order valence-corrected chi connectivity index (χ4v) is 2.64. The van der Waals surface area contributed by atoms with Crippen LogP contribution in [0.5, 0.6) is 0 Å². The quantitative estimate of drug-likeness (QED) is 0.848. The molecule has 0 radical (unpaired) electrons. The first-order valence-electron chi connectivity index (χ1n) is 7.50. The van der Waals surface area contributed by atoms with Gasteiger partial charge in [-0.05, 0) is 49.1 Å². The van der Waals surface area contributed by atoms with E-state index in [2.05, 4.69) is 4.90 Å². The first-order valence-corrected chi connectivity index (χ1v) is 7.50. The fourth-order valence-electron chi connectivity index (χ4n) is 2.64. The minimum Gasteiger partial charge on any atom is -0.468 e. The van der Waals surface area contributed by atoms with Crippen molar-refractivity contribution < 1.29 is 8.81 Å². The molecular weight excluding hydrogens is 267 g/mol. The van der Waals surface area contributed by atoms with Crippen LogP contribution in [0.1, 0.15) is 36.6 Å². The maximum atomic E-state index is 13.2. The van der Waals surface area contributed by atoms with Crippen LogP contribution in [-0.2, 0) is 6.54 Å². The van der Waals surface area contributed by atoms with Crippen LogP contribution in [-0.4, -0.2) is 17.5 Å². The Hall–Kier alpha value is -1.65. The Morgan fingerprint density at radius 3 is 2.81 bits per heavy atom. The van der Waals surface area contributed by atoms with E-state index in [9.17, 15) is 4.39 Å². The third-order valence-electron chi connectivity index (χ3n) is 4.01. The van der Waals surface area contributed by atoms with E-state index in [1.807, 2.05) is 18.2 Å². The summed E-state index contributed by atoms with van der Waals surface area (Å²) in [7, 11) is 0. The van der Waals surface area contributed by atoms with Crippen LogP contribution in [0.3, 0.4) is 0 Å². The van der Waals surface area contributed by atoms with Crippen LogP contribution in [0.15, 0.2) is 47.1 Å². The molecule has 21 heavy (non-hydrogen) atoms. The molecule has 1 saturated carbocycles. The highest BCUT2D eigenvalue weighted by atomic mass is 19.1. The minimum atomic E-state index is -0.224. The lowest BCUT2D eigenvalue weighted by molar-refractivity contribution is 0.225. The van der Waals surface area contributed by atoms with Crippen LogP contribution in [0, 0.1) is 5.82 Å². The summed E-state index contributed by atoms with van der Waals surface area (Å²) in [6.45, 7) is 1.73. The summed E-state index contributed by atoms with van der Waals surface area (Å²) in [5.74, 6) is 0.763. The van der Waals surface area contributed by atoms with E-state index in [1.54, 1.807) is 12.3 Å². The van der Waals surface area contributed by atoms with Gasteiger partial charge in [0.05, 0.1) is 12.8 Å². The van der Waals surface area contributed by atoms with E-state index in [0.717, 1.165) is 30.8 Å². The highest BCUT2D eigenvalue weighted by molar-refractivity contribution is 5.19. The van der Waals surface area contributed by atoms with Gasteiger partial charge in [-0.2, -0.15) is 0 Å². The van der Waals surface area contributed by atoms with Crippen molar-refractivity contribution in [1.29, 1.82) is 0 Å². The molecule has 112 valence electrons. The van der Waals surface area contributed by atoms with Crippen molar-refractivity contribution in [2.24, 2.45) is 5.73 Å². The SMILES string of the molecule is NC(CCN(Cc1ccco1)C1CC1)c1cccc(F)c1. The molecule has 1 fully saturated rings. The summed E-state index contributed by atoms with van der Waals surface area (Å²) in [6.07, 6.45) is 5.02. The van der Waals surface area contributed by atoms with Crippen molar-refractivity contribution in [2.75, 3.05) is 6.54 Å². The Bertz CT molecular complexity index is 566. The number of hydrogen-bond acceptors (Lipinski definition) is 3. The average Bonchev–Trinajstić information content (AvgIpc) is 3.20. The zero-order valence-corrected chi connectivity index (χ0v) is 12.0. The van der Waals surface area contributed by atoms with E-state index in [0.29, 0.717) is 6.04 Å². The second-order valence-corrected chi connectivity index (χ2v) is 5.73. The van der Waals surface area contributed by atoms with Gasteiger partial charge < -0.3 is 10.2 Å². The third kappa shape index (κ3) is 3.93. The number of halogens is 1. The number of rotatable bonds is 7. The molecule has 0 bridgehead atoms. The zero-order chi connectivity index (χ0) is 14.7. The van der Waals surface area contributed by atoms with Crippen molar-refractivity contribution in [1.82, 2.24) is 4.90 Å². The van der Waals surface area contributed by atoms with Crippen LogP contribution >= 0.6 is 0 Å². The average molecular weight is 288 g/mol. The Kier molecular flexibility index (Phi) is 4.36. The standard InChI is InChI=1S/C17H21FN2O/c18-14-4-1-3-13(11-14)17(19)8-9-20(15-6-7-15)12-16-5-2-10-21-16/h1-5,10-11,15,17H,6-9,12,19H2. The molecule has 2 aromatic rings. The lowest BCUT2D eigenvalue weighted by atomic mass is 10.0. The second-order valence-electron chi connectivity index (χ2n) is 5.73. The van der Waals surface area contributed by atoms with E-state index < -0.39 is 0 Å². The van der Waals surface area contributed by atoms with Gasteiger partial charge in [0.1, 0.15) is 11.6 Å². The number of nitrogens with zero attached hydrogens (tertiary/aromatic N) is 1. The van der Waals surface area contributed by atoms with Crippen LogP contribution in [0.25, 0.3) is 0 Å². The fraction of sp³-hybridized carbons (Fsp3) is 0.412. The predicted molar refractivity (Wildman–Crippen MR) is 80.1 cm³/mol. The third-order valence-corrected chi connectivity index (χ3v) is 4.01. The molecule has 1 atom stereocenters. The molecule has 2 N–H and O–H groups in total. The van der Waals surface area contributed by atoms with Crippen LogP contribution in [0.2, 0.25) is 0 Å². The van der Waals surface area contributed by atoms with Gasteiger partial charge in [-0.3, -0.25) is 4.90 Å². The Labute approximate surface area is 124 Å². The topological polar surface area (TPSA) is 42.4 Å². The van der Waals surface area contributed by atoms with Gasteiger partial charge in [0, 0.05) is 18.6 Å². The molecule has 0 amide bonds. The maximum Gasteiger partial charge on any atom is 0.123 e. The Balaban J connectivity index is 1.56. The molecule has 3 nitrogen and oxygen atoms in total. The summed E-state index contributed by atoms with van der Waals surface area (Å²) >= 11 is 0.